The number of hydrogen-bond acceptors (Lipinski definition) is 7. The Morgan fingerprint density at radius 2 is 1.06 bits per heavy atom. The van der Waals surface area contributed by atoms with Gasteiger partial charge < -0.3 is 33.5 Å². The lowest BCUT2D eigenvalue weighted by Crippen LogP contribution is -2.58. The van der Waals surface area contributed by atoms with Crippen LogP contribution in [0.1, 0.15) is 39.5 Å². The van der Waals surface area contributed by atoms with Gasteiger partial charge in [-0.05, 0) is 39.9 Å². The molecule has 0 amide bonds. The maximum absolute atomic E-state index is 10.2. The molecule has 5 atom stereocenters. The fraction of sp³-hybridized carbons (Fsp3) is 0.286. The third kappa shape index (κ3) is 9.38. The number of benzene rings is 5. The molecule has 1 unspecified atom stereocenters. The molecule has 1 heterocycles. The molecular formula is C42H43ClO7. The lowest BCUT2D eigenvalue weighted by molar-refractivity contribution is -0.275. The normalized spacial score (nSPS) is 20.4. The van der Waals surface area contributed by atoms with Crippen LogP contribution in [0, 0.1) is 0 Å². The molecule has 8 heteroatoms. The van der Waals surface area contributed by atoms with E-state index < -0.39 is 30.5 Å². The van der Waals surface area contributed by atoms with Gasteiger partial charge in [0.15, 0.2) is 0 Å². The fourth-order valence-electron chi connectivity index (χ4n) is 6.18. The Bertz CT molecular complexity index is 1720. The summed E-state index contributed by atoms with van der Waals surface area (Å²) in [5.74, 6) is 0.514. The van der Waals surface area contributed by atoms with Crippen molar-refractivity contribution in [2.75, 3.05) is 13.7 Å². The average Bonchev–Trinajstić information content (AvgIpc) is 3.17. The summed E-state index contributed by atoms with van der Waals surface area (Å²) in [6, 6.07) is 43.6. The van der Waals surface area contributed by atoms with Gasteiger partial charge in [0.05, 0.1) is 46.8 Å². The second kappa shape index (κ2) is 18.3. The van der Waals surface area contributed by atoms with E-state index in [0.717, 1.165) is 22.3 Å². The first-order chi connectivity index (χ1) is 24.6. The molecule has 0 aliphatic carbocycles. The number of hydrogen-bond donors (Lipinski definition) is 1. The van der Waals surface area contributed by atoms with E-state index in [0.29, 0.717) is 48.3 Å². The quantitative estimate of drug-likeness (QED) is 0.112. The monoisotopic (exact) mass is 694 g/mol. The highest BCUT2D eigenvalue weighted by Crippen LogP contribution is 2.43. The molecular weight excluding hydrogens is 652 g/mol. The van der Waals surface area contributed by atoms with E-state index in [1.54, 1.807) is 13.2 Å². The van der Waals surface area contributed by atoms with E-state index >= 15 is 0 Å². The minimum Gasteiger partial charge on any atom is -0.496 e. The molecule has 0 radical (unpaired) electrons. The van der Waals surface area contributed by atoms with Crippen molar-refractivity contribution < 1.29 is 33.5 Å². The number of rotatable bonds is 16. The Morgan fingerprint density at radius 1 is 0.600 bits per heavy atom. The Kier molecular flexibility index (Phi) is 13.1. The fourth-order valence-corrected chi connectivity index (χ4v) is 6.39. The largest absolute Gasteiger partial charge is 0.496 e. The molecule has 5 aromatic rings. The number of aliphatic hydroxyl groups excluding tert-OH is 1. The van der Waals surface area contributed by atoms with E-state index in [1.165, 1.54) is 0 Å². The van der Waals surface area contributed by atoms with Crippen LogP contribution in [0.15, 0.2) is 133 Å². The molecule has 1 aliphatic rings. The predicted octanol–water partition coefficient (Wildman–Crippen LogP) is 8.25. The highest BCUT2D eigenvalue weighted by Gasteiger charge is 2.49. The van der Waals surface area contributed by atoms with Gasteiger partial charge in [0.1, 0.15) is 36.3 Å². The molecule has 5 aromatic carbocycles. The van der Waals surface area contributed by atoms with Gasteiger partial charge in [-0.2, -0.15) is 0 Å². The molecule has 6 rings (SSSR count). The molecule has 0 saturated carbocycles. The van der Waals surface area contributed by atoms with Crippen molar-refractivity contribution in [2.45, 2.75) is 63.6 Å². The standard InChI is InChI=1S/C42H43ClO7/c1-45-37-23-36(43)34(24-44)22-35(37)39-41(48-27-32-18-10-4-11-19-32)42(49-28-33-20-12-5-13-21-33)40(47-26-31-16-8-3-9-17-31)38(50-39)29-46-25-30-14-6-2-7-15-30/h2-23,38-42,44H,24-29H2,1H3/t38-,39?,40-,41+,42+/m1/s1. The first-order valence-electron chi connectivity index (χ1n) is 16.8. The second-order valence-electron chi connectivity index (χ2n) is 12.2. The van der Waals surface area contributed by atoms with E-state index in [-0.39, 0.29) is 13.2 Å². The van der Waals surface area contributed by atoms with Crippen LogP contribution in [0.5, 0.6) is 5.75 Å². The topological polar surface area (TPSA) is 75.6 Å². The number of methoxy groups -OCH3 is 1. The summed E-state index contributed by atoms with van der Waals surface area (Å²) in [6.07, 6.45) is -3.11. The van der Waals surface area contributed by atoms with Gasteiger partial charge in [-0.15, -0.1) is 0 Å². The molecule has 50 heavy (non-hydrogen) atoms. The summed E-state index contributed by atoms with van der Waals surface area (Å²) in [5, 5.41) is 10.6. The van der Waals surface area contributed by atoms with Crippen molar-refractivity contribution >= 4 is 11.6 Å². The third-order valence-electron chi connectivity index (χ3n) is 8.76. The summed E-state index contributed by atoms with van der Waals surface area (Å²) in [4.78, 5) is 0. The Morgan fingerprint density at radius 3 is 1.54 bits per heavy atom. The predicted molar refractivity (Wildman–Crippen MR) is 193 cm³/mol. The minimum absolute atomic E-state index is 0.226. The van der Waals surface area contributed by atoms with Gasteiger partial charge in [0, 0.05) is 10.6 Å². The van der Waals surface area contributed by atoms with Gasteiger partial charge in [-0.1, -0.05) is 133 Å². The van der Waals surface area contributed by atoms with Gasteiger partial charge >= 0.3 is 0 Å². The summed E-state index contributed by atoms with van der Waals surface area (Å²) in [7, 11) is 1.59. The molecule has 0 bridgehead atoms. The van der Waals surface area contributed by atoms with E-state index in [4.69, 9.17) is 40.0 Å². The first-order valence-corrected chi connectivity index (χ1v) is 17.2. The molecule has 1 N–H and O–H groups in total. The molecule has 1 saturated heterocycles. The SMILES string of the molecule is COc1cc(Cl)c(CO)cc1C1O[C@H](COCc2ccccc2)[C@@H](OCc2ccccc2)[C@H](OCc2ccccc2)[C@H]1OCc1ccccc1. The zero-order valence-corrected chi connectivity index (χ0v) is 28.9. The summed E-state index contributed by atoms with van der Waals surface area (Å²) in [6.45, 7) is 1.35. The summed E-state index contributed by atoms with van der Waals surface area (Å²) in [5.41, 5.74) is 5.32. The van der Waals surface area contributed by atoms with Crippen LogP contribution >= 0.6 is 11.6 Å². The van der Waals surface area contributed by atoms with Crippen LogP contribution in [0.25, 0.3) is 0 Å². The molecule has 7 nitrogen and oxygen atoms in total. The van der Waals surface area contributed by atoms with Crippen LogP contribution in [-0.4, -0.2) is 43.2 Å². The van der Waals surface area contributed by atoms with Crippen LogP contribution in [0.2, 0.25) is 5.02 Å². The van der Waals surface area contributed by atoms with Crippen molar-refractivity contribution in [1.82, 2.24) is 0 Å². The second-order valence-corrected chi connectivity index (χ2v) is 12.6. The van der Waals surface area contributed by atoms with Gasteiger partial charge in [-0.25, -0.2) is 0 Å². The maximum Gasteiger partial charge on any atom is 0.126 e. The number of aliphatic hydroxyl groups is 1. The van der Waals surface area contributed by atoms with E-state index in [9.17, 15) is 5.11 Å². The Labute approximate surface area is 299 Å². The zero-order chi connectivity index (χ0) is 34.5. The van der Waals surface area contributed by atoms with Gasteiger partial charge in [0.2, 0.25) is 0 Å². The molecule has 1 aliphatic heterocycles. The van der Waals surface area contributed by atoms with Crippen molar-refractivity contribution in [3.63, 3.8) is 0 Å². The highest BCUT2D eigenvalue weighted by atomic mass is 35.5. The average molecular weight is 695 g/mol. The first kappa shape index (κ1) is 35.8. The van der Waals surface area contributed by atoms with Crippen molar-refractivity contribution in [1.29, 1.82) is 0 Å². The Balaban J connectivity index is 1.40. The molecule has 0 spiro atoms. The summed E-state index contributed by atoms with van der Waals surface area (Å²) < 4.78 is 39.7. The third-order valence-corrected chi connectivity index (χ3v) is 9.11. The van der Waals surface area contributed by atoms with Gasteiger partial charge in [0.25, 0.3) is 0 Å². The molecule has 1 fully saturated rings. The lowest BCUT2D eigenvalue weighted by atomic mass is 9.89. The van der Waals surface area contributed by atoms with Crippen molar-refractivity contribution in [3.05, 3.63) is 172 Å². The summed E-state index contributed by atoms with van der Waals surface area (Å²) >= 11 is 6.54. The zero-order valence-electron chi connectivity index (χ0n) is 28.1. The van der Waals surface area contributed by atoms with Crippen LogP contribution in [-0.2, 0) is 56.7 Å². The Hall–Kier alpha value is -4.05. The molecule has 0 aromatic heterocycles. The minimum atomic E-state index is -0.695. The van der Waals surface area contributed by atoms with Crippen LogP contribution in [0.4, 0.5) is 0 Å². The van der Waals surface area contributed by atoms with Crippen LogP contribution in [0.3, 0.4) is 0 Å². The smallest absolute Gasteiger partial charge is 0.126 e. The van der Waals surface area contributed by atoms with Crippen molar-refractivity contribution in [2.24, 2.45) is 0 Å². The number of halogens is 1. The lowest BCUT2D eigenvalue weighted by Gasteiger charge is -2.46. The maximum atomic E-state index is 10.2. The van der Waals surface area contributed by atoms with Crippen LogP contribution < -0.4 is 4.74 Å². The highest BCUT2D eigenvalue weighted by molar-refractivity contribution is 6.31. The van der Waals surface area contributed by atoms with E-state index in [2.05, 4.69) is 0 Å². The number of ether oxygens (including phenoxy) is 6. The molecule has 260 valence electrons. The van der Waals surface area contributed by atoms with Gasteiger partial charge in [-0.3, -0.25) is 0 Å². The van der Waals surface area contributed by atoms with Crippen molar-refractivity contribution in [3.8, 4) is 5.75 Å². The van der Waals surface area contributed by atoms with E-state index in [1.807, 2.05) is 127 Å².